The molecule has 0 saturated heterocycles. The van der Waals surface area contributed by atoms with Crippen molar-refractivity contribution in [1.29, 1.82) is 0 Å². The molecule has 1 N–H and O–H groups in total. The van der Waals surface area contributed by atoms with Gasteiger partial charge in [-0.15, -0.1) is 0 Å². The van der Waals surface area contributed by atoms with Crippen LogP contribution in [0.2, 0.25) is 0 Å². The predicted molar refractivity (Wildman–Crippen MR) is 155 cm³/mol. The van der Waals surface area contributed by atoms with Crippen LogP contribution in [0.15, 0.2) is 54.6 Å². The molecule has 0 aromatic heterocycles. The van der Waals surface area contributed by atoms with Crippen molar-refractivity contribution in [2.24, 2.45) is 0 Å². The van der Waals surface area contributed by atoms with Crippen LogP contribution in [0.1, 0.15) is 46.2 Å². The standard InChI is InChI=1S/C31H39F2N3S/c1-22-14-23(2)17-26(16-22)20-35(31(37)34-30-28(32)10-9-11-29(30)33)12-7-8-13-36(5,6)21-27-18-24(3)15-25(4)19-27/h9-11,14-19H,7-8,12-13,20-21H2,1-6H3/p+1. The molecule has 0 radical (unpaired) electrons. The van der Waals surface area contributed by atoms with E-state index in [1.165, 1.54) is 46.0 Å². The monoisotopic (exact) mass is 524 g/mol. The number of hydrogen-bond acceptors (Lipinski definition) is 1. The minimum Gasteiger partial charge on any atom is -0.345 e. The summed E-state index contributed by atoms with van der Waals surface area (Å²) in [7, 11) is 4.52. The molecule has 198 valence electrons. The third kappa shape index (κ3) is 8.90. The van der Waals surface area contributed by atoms with E-state index in [0.717, 1.165) is 36.0 Å². The lowest BCUT2D eigenvalue weighted by Gasteiger charge is -2.31. The zero-order valence-electron chi connectivity index (χ0n) is 23.0. The van der Waals surface area contributed by atoms with Crippen LogP contribution in [0, 0.1) is 39.3 Å². The number of para-hydroxylation sites is 1. The van der Waals surface area contributed by atoms with Gasteiger partial charge in [-0.1, -0.05) is 64.7 Å². The van der Waals surface area contributed by atoms with Crippen molar-refractivity contribution in [2.75, 3.05) is 32.5 Å². The first-order chi connectivity index (χ1) is 17.4. The van der Waals surface area contributed by atoms with Crippen molar-refractivity contribution in [3.05, 3.63) is 99.6 Å². The normalized spacial score (nSPS) is 11.5. The summed E-state index contributed by atoms with van der Waals surface area (Å²) in [6, 6.07) is 17.0. The van der Waals surface area contributed by atoms with E-state index in [2.05, 4.69) is 83.5 Å². The largest absolute Gasteiger partial charge is 0.345 e. The van der Waals surface area contributed by atoms with Gasteiger partial charge in [0.15, 0.2) is 5.11 Å². The molecule has 0 aliphatic rings. The quantitative estimate of drug-likeness (QED) is 0.168. The van der Waals surface area contributed by atoms with E-state index in [1.54, 1.807) is 0 Å². The van der Waals surface area contributed by atoms with Crippen molar-refractivity contribution in [2.45, 2.75) is 53.6 Å². The third-order valence-corrected chi connectivity index (χ3v) is 6.83. The summed E-state index contributed by atoms with van der Waals surface area (Å²) in [5.74, 6) is -1.31. The molecule has 0 spiro atoms. The number of rotatable bonds is 10. The Morgan fingerprint density at radius 2 is 1.32 bits per heavy atom. The maximum Gasteiger partial charge on any atom is 0.173 e. The topological polar surface area (TPSA) is 15.3 Å². The van der Waals surface area contributed by atoms with Crippen molar-refractivity contribution >= 4 is 23.0 Å². The SMILES string of the molecule is Cc1cc(C)cc(CN(CCCC[N+](C)(C)Cc2cc(C)cc(C)c2)C(=S)Nc2c(F)cccc2F)c1. The summed E-state index contributed by atoms with van der Waals surface area (Å²) in [5.41, 5.74) is 7.23. The highest BCUT2D eigenvalue weighted by Crippen LogP contribution is 2.20. The zero-order valence-corrected chi connectivity index (χ0v) is 23.8. The van der Waals surface area contributed by atoms with Gasteiger partial charge in [-0.25, -0.2) is 8.78 Å². The first-order valence-corrected chi connectivity index (χ1v) is 13.3. The zero-order chi connectivity index (χ0) is 27.2. The summed E-state index contributed by atoms with van der Waals surface area (Å²) in [4.78, 5) is 2.01. The fourth-order valence-corrected chi connectivity index (χ4v) is 5.27. The van der Waals surface area contributed by atoms with Crippen molar-refractivity contribution in [3.8, 4) is 0 Å². The van der Waals surface area contributed by atoms with Crippen LogP contribution in [0.3, 0.4) is 0 Å². The summed E-state index contributed by atoms with van der Waals surface area (Å²) in [5, 5.41) is 3.16. The summed E-state index contributed by atoms with van der Waals surface area (Å²) < 4.78 is 29.5. The number of benzene rings is 3. The minimum atomic E-state index is -0.654. The molecule has 37 heavy (non-hydrogen) atoms. The Balaban J connectivity index is 1.66. The summed E-state index contributed by atoms with van der Waals surface area (Å²) >= 11 is 5.65. The van der Waals surface area contributed by atoms with Gasteiger partial charge >= 0.3 is 0 Å². The molecule has 0 amide bonds. The predicted octanol–water partition coefficient (Wildman–Crippen LogP) is 7.45. The van der Waals surface area contributed by atoms with Crippen molar-refractivity contribution in [1.82, 2.24) is 4.90 Å². The number of nitrogens with zero attached hydrogens (tertiary/aromatic N) is 2. The molecule has 0 atom stereocenters. The molecule has 0 bridgehead atoms. The molecule has 0 fully saturated rings. The van der Waals surface area contributed by atoms with Crippen molar-refractivity contribution < 1.29 is 13.3 Å². The van der Waals surface area contributed by atoms with Crippen LogP contribution in [0.5, 0.6) is 0 Å². The van der Waals surface area contributed by atoms with Crippen LogP contribution in [0.4, 0.5) is 14.5 Å². The highest BCUT2D eigenvalue weighted by atomic mass is 32.1. The van der Waals surface area contributed by atoms with E-state index in [1.807, 2.05) is 4.90 Å². The summed E-state index contributed by atoms with van der Waals surface area (Å²) in [6.45, 7) is 11.7. The number of quaternary nitrogens is 1. The Morgan fingerprint density at radius 1 is 0.811 bits per heavy atom. The second kappa shape index (κ2) is 12.6. The maximum atomic E-state index is 14.3. The van der Waals surface area contributed by atoms with Crippen LogP contribution in [-0.2, 0) is 13.1 Å². The van der Waals surface area contributed by atoms with Gasteiger partial charge in [0, 0.05) is 18.7 Å². The number of aryl methyl sites for hydroxylation is 4. The number of nitrogens with one attached hydrogen (secondary N) is 1. The first kappa shape index (κ1) is 28.7. The van der Waals surface area contributed by atoms with Gasteiger partial charge < -0.3 is 14.7 Å². The minimum absolute atomic E-state index is 0.204. The number of anilines is 1. The van der Waals surface area contributed by atoms with Gasteiger partial charge in [0.25, 0.3) is 0 Å². The Morgan fingerprint density at radius 3 is 1.86 bits per heavy atom. The molecule has 3 rings (SSSR count). The molecular formula is C31H40F2N3S+. The first-order valence-electron chi connectivity index (χ1n) is 12.9. The molecule has 0 saturated carbocycles. The number of unbranched alkanes of at least 4 members (excludes halogenated alkanes) is 1. The maximum absolute atomic E-state index is 14.3. The highest BCUT2D eigenvalue weighted by molar-refractivity contribution is 7.80. The molecular weight excluding hydrogens is 484 g/mol. The van der Waals surface area contributed by atoms with Gasteiger partial charge in [-0.05, 0) is 70.5 Å². The van der Waals surface area contributed by atoms with E-state index in [4.69, 9.17) is 12.2 Å². The molecule has 3 aromatic carbocycles. The molecule has 0 aliphatic heterocycles. The lowest BCUT2D eigenvalue weighted by Crippen LogP contribution is -2.40. The van der Waals surface area contributed by atoms with E-state index >= 15 is 0 Å². The lowest BCUT2D eigenvalue weighted by atomic mass is 10.1. The fraction of sp³-hybridized carbons (Fsp3) is 0.387. The summed E-state index contributed by atoms with van der Waals surface area (Å²) in [6.07, 6.45) is 1.93. The Labute approximate surface area is 226 Å². The van der Waals surface area contributed by atoms with Gasteiger partial charge in [0.05, 0.1) is 20.6 Å². The van der Waals surface area contributed by atoms with Crippen LogP contribution in [-0.4, -0.2) is 41.7 Å². The number of thiocarbonyl (C=S) groups is 1. The Hall–Kier alpha value is -2.83. The van der Waals surface area contributed by atoms with E-state index < -0.39 is 11.6 Å². The second-order valence-electron chi connectivity index (χ2n) is 11.0. The fourth-order valence-electron chi connectivity index (χ4n) is 5.01. The molecule has 3 nitrogen and oxygen atoms in total. The lowest BCUT2D eigenvalue weighted by molar-refractivity contribution is -0.903. The molecule has 0 unspecified atom stereocenters. The third-order valence-electron chi connectivity index (χ3n) is 6.47. The van der Waals surface area contributed by atoms with E-state index in [9.17, 15) is 8.78 Å². The highest BCUT2D eigenvalue weighted by Gasteiger charge is 2.18. The van der Waals surface area contributed by atoms with E-state index in [0.29, 0.717) is 18.2 Å². The average Bonchev–Trinajstić information content (AvgIpc) is 2.76. The average molecular weight is 525 g/mol. The van der Waals surface area contributed by atoms with Gasteiger partial charge in [-0.3, -0.25) is 0 Å². The number of hydrogen-bond donors (Lipinski definition) is 1. The van der Waals surface area contributed by atoms with Crippen LogP contribution < -0.4 is 5.32 Å². The number of halogens is 2. The molecule has 3 aromatic rings. The Bertz CT molecular complexity index is 1180. The van der Waals surface area contributed by atoms with Crippen LogP contribution >= 0.6 is 12.2 Å². The van der Waals surface area contributed by atoms with Crippen LogP contribution in [0.25, 0.3) is 0 Å². The van der Waals surface area contributed by atoms with Gasteiger partial charge in [0.2, 0.25) is 0 Å². The Kier molecular flexibility index (Phi) is 9.80. The van der Waals surface area contributed by atoms with Gasteiger partial charge in [-0.2, -0.15) is 0 Å². The smallest absolute Gasteiger partial charge is 0.173 e. The molecule has 6 heteroatoms. The van der Waals surface area contributed by atoms with Crippen molar-refractivity contribution in [3.63, 3.8) is 0 Å². The molecule has 0 heterocycles. The van der Waals surface area contributed by atoms with Gasteiger partial charge in [0.1, 0.15) is 23.9 Å². The van der Waals surface area contributed by atoms with E-state index in [-0.39, 0.29) is 5.69 Å². The molecule has 0 aliphatic carbocycles. The second-order valence-corrected chi connectivity index (χ2v) is 11.4.